The number of rotatable bonds is 2. The van der Waals surface area contributed by atoms with Gasteiger partial charge in [-0.2, -0.15) is 0 Å². The average molecular weight is 222 g/mol. The molecule has 3 aromatic rings. The zero-order valence-corrected chi connectivity index (χ0v) is 9.48. The highest BCUT2D eigenvalue weighted by Crippen LogP contribution is 2.28. The second-order valence-electron chi connectivity index (χ2n) is 4.15. The number of fused-ring (bicyclic) bond motifs is 1. The van der Waals surface area contributed by atoms with E-state index >= 15 is 0 Å². The minimum Gasteiger partial charge on any atom is -0.361 e. The van der Waals surface area contributed by atoms with Crippen molar-refractivity contribution in [2.45, 2.75) is 6.54 Å². The summed E-state index contributed by atoms with van der Waals surface area (Å²) in [6.45, 7) is 0.580. The van der Waals surface area contributed by atoms with E-state index in [1.807, 2.05) is 6.07 Å². The van der Waals surface area contributed by atoms with Crippen molar-refractivity contribution in [2.24, 2.45) is 5.73 Å². The molecule has 17 heavy (non-hydrogen) atoms. The van der Waals surface area contributed by atoms with E-state index in [0.717, 1.165) is 5.56 Å². The molecule has 2 heteroatoms. The summed E-state index contributed by atoms with van der Waals surface area (Å²) in [5, 5.41) is 1.25. The Hall–Kier alpha value is -2.06. The van der Waals surface area contributed by atoms with Crippen LogP contribution in [-0.2, 0) is 6.54 Å². The van der Waals surface area contributed by atoms with Gasteiger partial charge in [-0.1, -0.05) is 36.4 Å². The number of hydrogen-bond acceptors (Lipinski definition) is 1. The van der Waals surface area contributed by atoms with Crippen LogP contribution >= 0.6 is 0 Å². The lowest BCUT2D eigenvalue weighted by Crippen LogP contribution is -1.95. The topological polar surface area (TPSA) is 41.8 Å². The zero-order chi connectivity index (χ0) is 11.7. The molecule has 2 nitrogen and oxygen atoms in total. The van der Waals surface area contributed by atoms with Gasteiger partial charge in [-0.15, -0.1) is 0 Å². The summed E-state index contributed by atoms with van der Waals surface area (Å²) in [7, 11) is 0. The second kappa shape index (κ2) is 4.07. The lowest BCUT2D eigenvalue weighted by Gasteiger charge is -2.02. The summed E-state index contributed by atoms with van der Waals surface area (Å²) in [4.78, 5) is 3.29. The predicted molar refractivity (Wildman–Crippen MR) is 71.6 cm³/mol. The fraction of sp³-hybridized carbons (Fsp3) is 0.0667. The molecule has 0 saturated heterocycles. The van der Waals surface area contributed by atoms with E-state index < -0.39 is 0 Å². The van der Waals surface area contributed by atoms with Gasteiger partial charge in [0, 0.05) is 29.2 Å². The highest BCUT2D eigenvalue weighted by Gasteiger charge is 2.05. The van der Waals surface area contributed by atoms with E-state index in [2.05, 4.69) is 53.6 Å². The molecule has 0 aliphatic heterocycles. The number of aromatic nitrogens is 1. The van der Waals surface area contributed by atoms with Crippen LogP contribution in [0.5, 0.6) is 0 Å². The molecule has 0 bridgehead atoms. The first kappa shape index (κ1) is 10.1. The molecule has 0 aliphatic carbocycles. The SMILES string of the molecule is NCc1cccc(-c2c[nH]c3ccccc23)c1. The lowest BCUT2D eigenvalue weighted by atomic mass is 10.0. The maximum atomic E-state index is 5.68. The normalized spacial score (nSPS) is 10.9. The van der Waals surface area contributed by atoms with E-state index in [4.69, 9.17) is 5.73 Å². The molecular formula is C15H14N2. The van der Waals surface area contributed by atoms with Gasteiger partial charge in [-0.3, -0.25) is 0 Å². The number of para-hydroxylation sites is 1. The fourth-order valence-electron chi connectivity index (χ4n) is 2.18. The van der Waals surface area contributed by atoms with Crippen LogP contribution in [0.1, 0.15) is 5.56 Å². The molecule has 0 amide bonds. The average Bonchev–Trinajstić information content (AvgIpc) is 2.82. The Morgan fingerprint density at radius 3 is 2.76 bits per heavy atom. The third kappa shape index (κ3) is 1.73. The van der Waals surface area contributed by atoms with Gasteiger partial charge in [-0.25, -0.2) is 0 Å². The molecule has 0 fully saturated rings. The van der Waals surface area contributed by atoms with Gasteiger partial charge >= 0.3 is 0 Å². The molecule has 1 aromatic heterocycles. The molecule has 0 aliphatic rings. The highest BCUT2D eigenvalue weighted by molar-refractivity contribution is 5.95. The number of nitrogens with one attached hydrogen (secondary N) is 1. The molecule has 1 heterocycles. The van der Waals surface area contributed by atoms with E-state index in [9.17, 15) is 0 Å². The van der Waals surface area contributed by atoms with Gasteiger partial charge < -0.3 is 10.7 Å². The van der Waals surface area contributed by atoms with Gasteiger partial charge in [0.15, 0.2) is 0 Å². The fourth-order valence-corrected chi connectivity index (χ4v) is 2.18. The van der Waals surface area contributed by atoms with Gasteiger partial charge in [-0.05, 0) is 23.3 Å². The summed E-state index contributed by atoms with van der Waals surface area (Å²) in [6, 6.07) is 16.7. The minimum atomic E-state index is 0.580. The van der Waals surface area contributed by atoms with Crippen LogP contribution in [0, 0.1) is 0 Å². The van der Waals surface area contributed by atoms with Crippen LogP contribution in [0.25, 0.3) is 22.0 Å². The van der Waals surface area contributed by atoms with E-state index in [0.29, 0.717) is 6.54 Å². The second-order valence-corrected chi connectivity index (χ2v) is 4.15. The minimum absolute atomic E-state index is 0.580. The Kier molecular flexibility index (Phi) is 2.42. The van der Waals surface area contributed by atoms with Crippen LogP contribution < -0.4 is 5.73 Å². The molecule has 3 rings (SSSR count). The number of H-pyrrole nitrogens is 1. The Morgan fingerprint density at radius 2 is 1.88 bits per heavy atom. The van der Waals surface area contributed by atoms with Crippen LogP contribution in [0.3, 0.4) is 0 Å². The molecule has 0 spiro atoms. The van der Waals surface area contributed by atoms with Crippen LogP contribution in [0.4, 0.5) is 0 Å². The third-order valence-electron chi connectivity index (χ3n) is 3.06. The first-order chi connectivity index (χ1) is 8.38. The summed E-state index contributed by atoms with van der Waals surface area (Å²) in [6.07, 6.45) is 2.06. The van der Waals surface area contributed by atoms with Crippen molar-refractivity contribution in [1.82, 2.24) is 4.98 Å². The van der Waals surface area contributed by atoms with Gasteiger partial charge in [0.05, 0.1) is 0 Å². The smallest absolute Gasteiger partial charge is 0.0460 e. The van der Waals surface area contributed by atoms with Crippen molar-refractivity contribution in [2.75, 3.05) is 0 Å². The number of aromatic amines is 1. The van der Waals surface area contributed by atoms with Crippen LogP contribution in [0.15, 0.2) is 54.7 Å². The van der Waals surface area contributed by atoms with Crippen molar-refractivity contribution in [3.05, 3.63) is 60.3 Å². The summed E-state index contributed by atoms with van der Waals surface area (Å²) < 4.78 is 0. The maximum Gasteiger partial charge on any atom is 0.0460 e. The first-order valence-corrected chi connectivity index (χ1v) is 5.74. The molecule has 0 saturated carbocycles. The summed E-state index contributed by atoms with van der Waals surface area (Å²) >= 11 is 0. The monoisotopic (exact) mass is 222 g/mol. The molecule has 3 N–H and O–H groups in total. The Bertz CT molecular complexity index is 653. The first-order valence-electron chi connectivity index (χ1n) is 5.74. The van der Waals surface area contributed by atoms with Crippen molar-refractivity contribution >= 4 is 10.9 Å². The largest absolute Gasteiger partial charge is 0.361 e. The number of benzene rings is 2. The molecular weight excluding hydrogens is 208 g/mol. The zero-order valence-electron chi connectivity index (χ0n) is 9.48. The van der Waals surface area contributed by atoms with Crippen LogP contribution in [0.2, 0.25) is 0 Å². The molecule has 0 atom stereocenters. The number of nitrogens with two attached hydrogens (primary N) is 1. The lowest BCUT2D eigenvalue weighted by molar-refractivity contribution is 1.07. The van der Waals surface area contributed by atoms with Crippen molar-refractivity contribution in [3.63, 3.8) is 0 Å². The summed E-state index contributed by atoms with van der Waals surface area (Å²) in [5.41, 5.74) is 10.4. The van der Waals surface area contributed by atoms with Crippen molar-refractivity contribution in [3.8, 4) is 11.1 Å². The Balaban J connectivity index is 2.20. The van der Waals surface area contributed by atoms with Crippen molar-refractivity contribution in [1.29, 1.82) is 0 Å². The molecule has 0 unspecified atom stereocenters. The molecule has 2 aromatic carbocycles. The standard InChI is InChI=1S/C15H14N2/c16-9-11-4-3-5-12(8-11)14-10-17-15-7-2-1-6-13(14)15/h1-8,10,17H,9,16H2. The van der Waals surface area contributed by atoms with Gasteiger partial charge in [0.1, 0.15) is 0 Å². The highest BCUT2D eigenvalue weighted by atomic mass is 14.7. The van der Waals surface area contributed by atoms with Gasteiger partial charge in [0.25, 0.3) is 0 Å². The Labute approximate surface area is 100 Å². The summed E-state index contributed by atoms with van der Waals surface area (Å²) in [5.74, 6) is 0. The maximum absolute atomic E-state index is 5.68. The molecule has 84 valence electrons. The number of hydrogen-bond donors (Lipinski definition) is 2. The van der Waals surface area contributed by atoms with E-state index in [-0.39, 0.29) is 0 Å². The van der Waals surface area contributed by atoms with Crippen LogP contribution in [-0.4, -0.2) is 4.98 Å². The van der Waals surface area contributed by atoms with Crippen molar-refractivity contribution < 1.29 is 0 Å². The Morgan fingerprint density at radius 1 is 1.00 bits per heavy atom. The predicted octanol–water partition coefficient (Wildman–Crippen LogP) is 3.29. The van der Waals surface area contributed by atoms with E-state index in [1.165, 1.54) is 22.0 Å². The third-order valence-corrected chi connectivity index (χ3v) is 3.06. The van der Waals surface area contributed by atoms with E-state index in [1.54, 1.807) is 0 Å². The molecule has 0 radical (unpaired) electrons. The quantitative estimate of drug-likeness (QED) is 0.686. The van der Waals surface area contributed by atoms with Gasteiger partial charge in [0.2, 0.25) is 0 Å².